The zero-order valence-electron chi connectivity index (χ0n) is 4.56. The third-order valence-electron chi connectivity index (χ3n) is 2.35. The van der Waals surface area contributed by atoms with Crippen molar-refractivity contribution in [3.05, 3.63) is 6.42 Å². The molecule has 0 spiro atoms. The molecule has 0 aromatic carbocycles. The van der Waals surface area contributed by atoms with Gasteiger partial charge in [0, 0.05) is 0 Å². The van der Waals surface area contributed by atoms with E-state index >= 15 is 0 Å². The quantitative estimate of drug-likeness (QED) is 0.431. The molecule has 3 aliphatic rings. The molecule has 0 aromatic rings. The lowest BCUT2D eigenvalue weighted by Crippen LogP contribution is -2.28. The average molecular weight is 95.2 g/mol. The summed E-state index contributed by atoms with van der Waals surface area (Å²) in [4.78, 5) is 0. The van der Waals surface area contributed by atoms with Gasteiger partial charge in [0.1, 0.15) is 0 Å². The molecule has 7 heavy (non-hydrogen) atoms. The van der Waals surface area contributed by atoms with Gasteiger partial charge in [0.05, 0.1) is 0 Å². The summed E-state index contributed by atoms with van der Waals surface area (Å²) in [6.07, 6.45) is 8.46. The van der Waals surface area contributed by atoms with Gasteiger partial charge in [-0.05, 0) is 37.5 Å². The highest BCUT2D eigenvalue weighted by Crippen LogP contribution is 2.44. The molecular weight excluding hydrogens is 84.1 g/mol. The summed E-state index contributed by atoms with van der Waals surface area (Å²) in [5, 5.41) is 0. The number of fused-ring (bicyclic) bond motifs is 2. The molecule has 0 aliphatic heterocycles. The third-order valence-corrected chi connectivity index (χ3v) is 2.35. The van der Waals surface area contributed by atoms with Gasteiger partial charge in [-0.1, -0.05) is 6.42 Å². The summed E-state index contributed by atoms with van der Waals surface area (Å²) >= 11 is 0. The van der Waals surface area contributed by atoms with Crippen LogP contribution in [0.4, 0.5) is 0 Å². The smallest absolute Gasteiger partial charge is 0.0354 e. The largest absolute Gasteiger partial charge is 0.0501 e. The van der Waals surface area contributed by atoms with E-state index in [1.165, 1.54) is 25.7 Å². The van der Waals surface area contributed by atoms with Gasteiger partial charge < -0.3 is 0 Å². The Morgan fingerprint density at radius 3 is 2.29 bits per heavy atom. The fraction of sp³-hybridized carbons (Fsp3) is 0.857. The standard InChI is InChI=1S/C7H11/c1-2-6-4-7(3-1)5-6/h2,6-7H,1,3-5H2. The Labute approximate surface area is 44.9 Å². The maximum Gasteiger partial charge on any atom is -0.0354 e. The van der Waals surface area contributed by atoms with Crippen LogP contribution >= 0.6 is 0 Å². The van der Waals surface area contributed by atoms with Gasteiger partial charge in [0.25, 0.3) is 0 Å². The SMILES string of the molecule is [CH]1CCC2CC1C2. The molecule has 3 aliphatic carbocycles. The highest BCUT2D eigenvalue weighted by atomic mass is 14.4. The molecule has 0 heteroatoms. The summed E-state index contributed by atoms with van der Waals surface area (Å²) < 4.78 is 0. The Kier molecular flexibility index (Phi) is 0.697. The van der Waals surface area contributed by atoms with E-state index < -0.39 is 0 Å². The molecule has 3 saturated carbocycles. The van der Waals surface area contributed by atoms with E-state index in [1.54, 1.807) is 0 Å². The predicted octanol–water partition coefficient (Wildman–Crippen LogP) is 2.01. The van der Waals surface area contributed by atoms with Crippen molar-refractivity contribution in [1.29, 1.82) is 0 Å². The molecule has 0 saturated heterocycles. The lowest BCUT2D eigenvalue weighted by Gasteiger charge is -2.40. The van der Waals surface area contributed by atoms with Crippen LogP contribution in [0, 0.1) is 18.3 Å². The molecule has 0 atom stereocenters. The van der Waals surface area contributed by atoms with Crippen molar-refractivity contribution in [3.63, 3.8) is 0 Å². The van der Waals surface area contributed by atoms with Crippen LogP contribution in [0.1, 0.15) is 25.7 Å². The van der Waals surface area contributed by atoms with Gasteiger partial charge in [-0.3, -0.25) is 0 Å². The first-order valence-corrected chi connectivity index (χ1v) is 3.28. The van der Waals surface area contributed by atoms with Crippen molar-refractivity contribution >= 4 is 0 Å². The molecular formula is C7H11. The van der Waals surface area contributed by atoms with Crippen LogP contribution < -0.4 is 0 Å². The highest BCUT2D eigenvalue weighted by molar-refractivity contribution is 4.94. The van der Waals surface area contributed by atoms with Crippen molar-refractivity contribution in [3.8, 4) is 0 Å². The fourth-order valence-corrected chi connectivity index (χ4v) is 1.78. The van der Waals surface area contributed by atoms with Crippen LogP contribution in [-0.4, -0.2) is 0 Å². The van der Waals surface area contributed by atoms with Crippen molar-refractivity contribution in [2.75, 3.05) is 0 Å². The summed E-state index contributed by atoms with van der Waals surface area (Å²) in [7, 11) is 0. The van der Waals surface area contributed by atoms with Crippen LogP contribution in [0.5, 0.6) is 0 Å². The van der Waals surface area contributed by atoms with E-state index in [1.807, 2.05) is 0 Å². The normalized spacial score (nSPS) is 48.0. The number of hydrogen-bond donors (Lipinski definition) is 0. The lowest BCUT2D eigenvalue weighted by molar-refractivity contribution is 0.166. The lowest BCUT2D eigenvalue weighted by atomic mass is 9.65. The monoisotopic (exact) mass is 95.1 g/mol. The van der Waals surface area contributed by atoms with Gasteiger partial charge in [-0.15, -0.1) is 0 Å². The first kappa shape index (κ1) is 3.94. The third kappa shape index (κ3) is 0.490. The van der Waals surface area contributed by atoms with E-state index in [0.717, 1.165) is 11.8 Å². The Morgan fingerprint density at radius 2 is 2.14 bits per heavy atom. The molecule has 0 nitrogen and oxygen atoms in total. The zero-order chi connectivity index (χ0) is 4.69. The van der Waals surface area contributed by atoms with Crippen molar-refractivity contribution in [2.24, 2.45) is 11.8 Å². The minimum Gasteiger partial charge on any atom is -0.0501 e. The van der Waals surface area contributed by atoms with E-state index in [4.69, 9.17) is 0 Å². The van der Waals surface area contributed by atoms with Gasteiger partial charge in [-0.2, -0.15) is 0 Å². The van der Waals surface area contributed by atoms with Gasteiger partial charge >= 0.3 is 0 Å². The molecule has 0 amide bonds. The average Bonchev–Trinajstić information content (AvgIpc) is 1.67. The highest BCUT2D eigenvalue weighted by Gasteiger charge is 2.32. The molecule has 0 N–H and O–H groups in total. The molecule has 2 bridgehead atoms. The molecule has 1 radical (unpaired) electrons. The van der Waals surface area contributed by atoms with Crippen molar-refractivity contribution in [1.82, 2.24) is 0 Å². The molecule has 0 aromatic heterocycles. The summed E-state index contributed by atoms with van der Waals surface area (Å²) in [5.41, 5.74) is 0. The van der Waals surface area contributed by atoms with Gasteiger partial charge in [0.2, 0.25) is 0 Å². The molecule has 0 unspecified atom stereocenters. The number of rotatable bonds is 0. The predicted molar refractivity (Wildman–Crippen MR) is 29.7 cm³/mol. The maximum absolute atomic E-state index is 2.50. The molecule has 0 heterocycles. The van der Waals surface area contributed by atoms with Crippen LogP contribution in [-0.2, 0) is 0 Å². The van der Waals surface area contributed by atoms with Crippen LogP contribution in [0.25, 0.3) is 0 Å². The summed E-state index contributed by atoms with van der Waals surface area (Å²) in [5.74, 6) is 2.20. The Balaban J connectivity index is 1.99. The van der Waals surface area contributed by atoms with Crippen LogP contribution in [0.3, 0.4) is 0 Å². The molecule has 3 fully saturated rings. The topological polar surface area (TPSA) is 0 Å². The van der Waals surface area contributed by atoms with Crippen molar-refractivity contribution in [2.45, 2.75) is 25.7 Å². The second kappa shape index (κ2) is 1.24. The molecule has 39 valence electrons. The Morgan fingerprint density at radius 1 is 1.29 bits per heavy atom. The fourth-order valence-electron chi connectivity index (χ4n) is 1.78. The van der Waals surface area contributed by atoms with Gasteiger partial charge in [-0.25, -0.2) is 0 Å². The first-order chi connectivity index (χ1) is 3.45. The second-order valence-corrected chi connectivity index (χ2v) is 2.91. The second-order valence-electron chi connectivity index (χ2n) is 2.91. The minimum absolute atomic E-state index is 1.05. The number of hydrogen-bond acceptors (Lipinski definition) is 0. The summed E-state index contributed by atoms with van der Waals surface area (Å²) in [6.45, 7) is 0. The first-order valence-electron chi connectivity index (χ1n) is 3.28. The van der Waals surface area contributed by atoms with Gasteiger partial charge in [0.15, 0.2) is 0 Å². The van der Waals surface area contributed by atoms with E-state index in [0.29, 0.717) is 0 Å². The van der Waals surface area contributed by atoms with E-state index in [-0.39, 0.29) is 0 Å². The molecule has 3 rings (SSSR count). The maximum atomic E-state index is 2.50. The summed E-state index contributed by atoms with van der Waals surface area (Å²) in [6, 6.07) is 0. The minimum atomic E-state index is 1.05. The Hall–Kier alpha value is 0. The van der Waals surface area contributed by atoms with Crippen molar-refractivity contribution < 1.29 is 0 Å². The Bertz CT molecular complexity index is 56.6. The van der Waals surface area contributed by atoms with Crippen LogP contribution in [0.15, 0.2) is 0 Å². The van der Waals surface area contributed by atoms with E-state index in [2.05, 4.69) is 6.42 Å². The van der Waals surface area contributed by atoms with Crippen LogP contribution in [0.2, 0.25) is 0 Å². The zero-order valence-corrected chi connectivity index (χ0v) is 4.56. The van der Waals surface area contributed by atoms with E-state index in [9.17, 15) is 0 Å².